The number of benzene rings is 4. The first-order chi connectivity index (χ1) is 21.7. The predicted octanol–water partition coefficient (Wildman–Crippen LogP) is 6.44. The maximum atomic E-state index is 14.5. The summed E-state index contributed by atoms with van der Waals surface area (Å²) in [7, 11) is 2.75. The topological polar surface area (TPSA) is 119 Å². The Balaban J connectivity index is 1.61. The molecule has 2 aliphatic rings. The van der Waals surface area contributed by atoms with Gasteiger partial charge in [-0.15, -0.1) is 0 Å². The number of carbonyl (C=O) groups is 3. The zero-order valence-corrected chi connectivity index (χ0v) is 25.1. The van der Waals surface area contributed by atoms with Crippen LogP contribution in [0.5, 0.6) is 11.5 Å². The van der Waals surface area contributed by atoms with E-state index in [1.54, 1.807) is 66.7 Å². The summed E-state index contributed by atoms with van der Waals surface area (Å²) in [5.41, 5.74) is 1.35. The maximum Gasteiger partial charge on any atom is 0.328 e. The van der Waals surface area contributed by atoms with Gasteiger partial charge in [0.15, 0.2) is 17.3 Å². The lowest BCUT2D eigenvalue weighted by atomic mass is 9.75. The Morgan fingerprint density at radius 1 is 0.867 bits per heavy atom. The van der Waals surface area contributed by atoms with Crippen molar-refractivity contribution in [3.8, 4) is 11.5 Å². The smallest absolute Gasteiger partial charge is 0.328 e. The molecule has 228 valence electrons. The van der Waals surface area contributed by atoms with Crippen LogP contribution in [0.1, 0.15) is 39.0 Å². The molecule has 0 saturated carbocycles. The van der Waals surface area contributed by atoms with E-state index in [1.807, 2.05) is 18.2 Å². The number of Topliss-reactive ketones (excluding diaryl/α,β-unsaturated/α-hetero) is 1. The zero-order chi connectivity index (χ0) is 31.8. The number of fused-ring (bicyclic) bond motifs is 1. The average Bonchev–Trinajstić information content (AvgIpc) is 3.53. The number of nitro benzene ring substituents is 1. The maximum absolute atomic E-state index is 14.5. The fourth-order valence-electron chi connectivity index (χ4n) is 6.53. The molecule has 4 unspecified atom stereocenters. The van der Waals surface area contributed by atoms with E-state index in [0.29, 0.717) is 16.1 Å². The molecule has 0 spiro atoms. The first-order valence-corrected chi connectivity index (χ1v) is 14.6. The molecule has 4 atom stereocenters. The third-order valence-electron chi connectivity index (χ3n) is 8.49. The van der Waals surface area contributed by atoms with Gasteiger partial charge in [-0.3, -0.25) is 24.6 Å². The number of rotatable bonds is 9. The minimum atomic E-state index is -1.21. The van der Waals surface area contributed by atoms with Gasteiger partial charge in [-0.25, -0.2) is 4.79 Å². The molecule has 2 aliphatic heterocycles. The van der Waals surface area contributed by atoms with Crippen LogP contribution in [-0.4, -0.2) is 52.7 Å². The zero-order valence-electron chi connectivity index (χ0n) is 24.3. The molecule has 11 heteroatoms. The van der Waals surface area contributed by atoms with Crippen molar-refractivity contribution in [3.05, 3.63) is 134 Å². The van der Waals surface area contributed by atoms with Gasteiger partial charge in [-0.1, -0.05) is 84.4 Å². The van der Waals surface area contributed by atoms with Crippen molar-refractivity contribution in [1.29, 1.82) is 0 Å². The molecule has 0 aliphatic carbocycles. The van der Waals surface area contributed by atoms with Crippen LogP contribution in [0.25, 0.3) is 0 Å². The highest BCUT2D eigenvalue weighted by atomic mass is 35.5. The van der Waals surface area contributed by atoms with Crippen molar-refractivity contribution in [1.82, 2.24) is 9.80 Å². The van der Waals surface area contributed by atoms with Crippen molar-refractivity contribution >= 4 is 35.0 Å². The molecule has 6 rings (SSSR count). The van der Waals surface area contributed by atoms with Crippen LogP contribution in [0.15, 0.2) is 97.1 Å². The van der Waals surface area contributed by atoms with E-state index in [-0.39, 0.29) is 35.1 Å². The Kier molecular flexibility index (Phi) is 7.99. The fourth-order valence-corrected chi connectivity index (χ4v) is 6.65. The molecule has 2 fully saturated rings. The van der Waals surface area contributed by atoms with Crippen molar-refractivity contribution in [3.63, 3.8) is 0 Å². The van der Waals surface area contributed by atoms with Crippen LogP contribution in [0.3, 0.4) is 0 Å². The van der Waals surface area contributed by atoms with E-state index in [1.165, 1.54) is 31.3 Å². The molecule has 4 aromatic carbocycles. The van der Waals surface area contributed by atoms with E-state index < -0.39 is 40.8 Å². The van der Waals surface area contributed by atoms with Crippen molar-refractivity contribution in [2.24, 2.45) is 5.92 Å². The summed E-state index contributed by atoms with van der Waals surface area (Å²) < 4.78 is 10.9. The number of halogens is 1. The number of ether oxygens (including phenoxy) is 2. The number of nitrogens with zero attached hydrogens (tertiary/aromatic N) is 3. The number of nitro groups is 1. The Bertz CT molecular complexity index is 1780. The summed E-state index contributed by atoms with van der Waals surface area (Å²) in [5, 5.41) is 13.0. The van der Waals surface area contributed by atoms with E-state index >= 15 is 0 Å². The molecule has 0 radical (unpaired) electrons. The number of hydrogen-bond donors (Lipinski definition) is 0. The van der Waals surface area contributed by atoms with Crippen LogP contribution in [0.4, 0.5) is 10.5 Å². The third-order valence-corrected chi connectivity index (χ3v) is 8.74. The molecular weight excluding hydrogens is 598 g/mol. The van der Waals surface area contributed by atoms with Gasteiger partial charge >= 0.3 is 6.03 Å². The standard InChI is InChI=1S/C34H28ClN3O7/c1-44-26-17-24(25(38(42)43)18-27(26)45-2)30-29(32(39)22-11-7-4-8-12-22)28(21-13-15-23(35)16-14-21)31-33(40)36(34(41)37(30)31)19-20-9-5-3-6-10-20/h3-18,28-31H,19H2,1-2H3. The highest BCUT2D eigenvalue weighted by Gasteiger charge is 2.64. The molecule has 3 amide bonds. The molecule has 4 aromatic rings. The number of hydrogen-bond acceptors (Lipinski definition) is 7. The van der Waals surface area contributed by atoms with Gasteiger partial charge in [0.1, 0.15) is 6.04 Å². The largest absolute Gasteiger partial charge is 0.493 e. The lowest BCUT2D eigenvalue weighted by Crippen LogP contribution is -2.38. The number of amides is 3. The summed E-state index contributed by atoms with van der Waals surface area (Å²) in [4.78, 5) is 57.7. The van der Waals surface area contributed by atoms with Gasteiger partial charge in [-0.2, -0.15) is 0 Å². The molecule has 45 heavy (non-hydrogen) atoms. The van der Waals surface area contributed by atoms with Crippen LogP contribution < -0.4 is 9.47 Å². The molecule has 0 N–H and O–H groups in total. The summed E-state index contributed by atoms with van der Waals surface area (Å²) in [5.74, 6) is -2.52. The number of carbonyl (C=O) groups excluding carboxylic acids is 3. The van der Waals surface area contributed by atoms with Gasteiger partial charge in [0, 0.05) is 16.5 Å². The van der Waals surface area contributed by atoms with Crippen molar-refractivity contribution < 1.29 is 28.8 Å². The molecule has 10 nitrogen and oxygen atoms in total. The Labute approximate surface area is 263 Å². The van der Waals surface area contributed by atoms with Gasteiger partial charge < -0.3 is 14.4 Å². The minimum Gasteiger partial charge on any atom is -0.493 e. The first-order valence-electron chi connectivity index (χ1n) is 14.2. The van der Waals surface area contributed by atoms with Gasteiger partial charge in [0.2, 0.25) is 0 Å². The second-order valence-electron chi connectivity index (χ2n) is 10.8. The van der Waals surface area contributed by atoms with Gasteiger partial charge in [0.25, 0.3) is 11.6 Å². The quantitative estimate of drug-likeness (QED) is 0.0909. The van der Waals surface area contributed by atoms with Crippen molar-refractivity contribution in [2.75, 3.05) is 14.2 Å². The summed E-state index contributed by atoms with van der Waals surface area (Å²) in [6.07, 6.45) is 0. The lowest BCUT2D eigenvalue weighted by Gasteiger charge is -2.29. The monoisotopic (exact) mass is 625 g/mol. The number of urea groups is 1. The van der Waals surface area contributed by atoms with Gasteiger partial charge in [0.05, 0.1) is 49.3 Å². The predicted molar refractivity (Wildman–Crippen MR) is 165 cm³/mol. The highest BCUT2D eigenvalue weighted by Crippen LogP contribution is 2.56. The summed E-state index contributed by atoms with van der Waals surface area (Å²) >= 11 is 6.22. The van der Waals surface area contributed by atoms with Crippen LogP contribution in [-0.2, 0) is 11.3 Å². The molecule has 2 saturated heterocycles. The molecule has 2 heterocycles. The SMILES string of the molecule is COc1cc(C2C(C(=O)c3ccccc3)C(c3ccc(Cl)cc3)C3C(=O)N(Cc4ccccc4)C(=O)N32)c([N+](=O)[O-])cc1OC. The highest BCUT2D eigenvalue weighted by molar-refractivity contribution is 6.30. The van der Waals surface area contributed by atoms with Crippen LogP contribution >= 0.6 is 11.6 Å². The second kappa shape index (κ2) is 12.0. The normalized spacial score (nSPS) is 20.7. The molecular formula is C34H28ClN3O7. The number of ketones is 1. The number of imide groups is 1. The molecule has 0 bridgehead atoms. The molecule has 0 aromatic heterocycles. The average molecular weight is 626 g/mol. The third kappa shape index (κ3) is 5.17. The van der Waals surface area contributed by atoms with Crippen molar-refractivity contribution in [2.45, 2.75) is 24.5 Å². The van der Waals surface area contributed by atoms with Crippen LogP contribution in [0.2, 0.25) is 5.02 Å². The van der Waals surface area contributed by atoms with E-state index in [0.717, 1.165) is 10.5 Å². The van der Waals surface area contributed by atoms with E-state index in [9.17, 15) is 24.5 Å². The van der Waals surface area contributed by atoms with E-state index in [2.05, 4.69) is 0 Å². The van der Waals surface area contributed by atoms with E-state index in [4.69, 9.17) is 21.1 Å². The van der Waals surface area contributed by atoms with Gasteiger partial charge in [-0.05, 0) is 29.3 Å². The lowest BCUT2D eigenvalue weighted by molar-refractivity contribution is -0.386. The minimum absolute atomic E-state index is 0.00309. The Morgan fingerprint density at radius 3 is 2.07 bits per heavy atom. The number of methoxy groups -OCH3 is 2. The summed E-state index contributed by atoms with van der Waals surface area (Å²) in [6.45, 7) is -0.00309. The Hall–Kier alpha value is -5.22. The summed E-state index contributed by atoms with van der Waals surface area (Å²) in [6, 6.07) is 24.0. The fraction of sp³-hybridized carbons (Fsp3) is 0.206. The van der Waals surface area contributed by atoms with Crippen LogP contribution in [0, 0.1) is 16.0 Å². The Morgan fingerprint density at radius 2 is 1.47 bits per heavy atom. The first kappa shape index (κ1) is 29.8. The second-order valence-corrected chi connectivity index (χ2v) is 11.3.